The number of hydrogen-bond acceptors (Lipinski definition) is 4. The van der Waals surface area contributed by atoms with Crippen LogP contribution in [0.5, 0.6) is 5.75 Å². The molecule has 0 unspecified atom stereocenters. The molecular formula is C19H29NO5. The zero-order chi connectivity index (χ0) is 18.7. The summed E-state index contributed by atoms with van der Waals surface area (Å²) in [4.78, 5) is 20.7. The molecule has 140 valence electrons. The second-order valence-electron chi connectivity index (χ2n) is 6.44. The third kappa shape index (κ3) is 9.10. The van der Waals surface area contributed by atoms with E-state index >= 15 is 0 Å². The Hall–Kier alpha value is -2.08. The van der Waals surface area contributed by atoms with Gasteiger partial charge in [-0.1, -0.05) is 38.8 Å². The van der Waals surface area contributed by atoms with Crippen molar-refractivity contribution in [3.8, 4) is 5.75 Å². The highest BCUT2D eigenvalue weighted by Gasteiger charge is 2.08. The SMILES string of the molecule is CC(C)c1cccc(OCCN2CCCCCC2)c1.O=C(O)C(=O)O. The number of aliphatic carboxylic acids is 2. The molecule has 6 heteroatoms. The molecule has 0 aromatic heterocycles. The van der Waals surface area contributed by atoms with Gasteiger partial charge in [-0.25, -0.2) is 9.59 Å². The van der Waals surface area contributed by atoms with Crippen molar-refractivity contribution < 1.29 is 24.5 Å². The standard InChI is InChI=1S/C17H27NO.C2H2O4/c1-15(2)16-8-7-9-17(14-16)19-13-12-18-10-5-3-4-6-11-18;3-1(4)2(5)6/h7-9,14-15H,3-6,10-13H2,1-2H3;(H,3,4)(H,5,6). The lowest BCUT2D eigenvalue weighted by atomic mass is 10.0. The minimum atomic E-state index is -1.82. The Morgan fingerprint density at radius 2 is 1.68 bits per heavy atom. The van der Waals surface area contributed by atoms with E-state index in [0.29, 0.717) is 5.92 Å². The molecule has 1 aliphatic rings. The van der Waals surface area contributed by atoms with Gasteiger partial charge in [0.25, 0.3) is 0 Å². The summed E-state index contributed by atoms with van der Waals surface area (Å²) >= 11 is 0. The van der Waals surface area contributed by atoms with Crippen LogP contribution < -0.4 is 4.74 Å². The number of likely N-dealkylation sites (tertiary alicyclic amines) is 1. The van der Waals surface area contributed by atoms with E-state index in [1.807, 2.05) is 0 Å². The van der Waals surface area contributed by atoms with E-state index in [0.717, 1.165) is 18.9 Å². The van der Waals surface area contributed by atoms with Crippen molar-refractivity contribution in [1.29, 1.82) is 0 Å². The molecule has 1 aromatic rings. The minimum absolute atomic E-state index is 0.564. The van der Waals surface area contributed by atoms with Crippen LogP contribution >= 0.6 is 0 Å². The Labute approximate surface area is 149 Å². The highest BCUT2D eigenvalue weighted by Crippen LogP contribution is 2.20. The lowest BCUT2D eigenvalue weighted by Gasteiger charge is -2.19. The van der Waals surface area contributed by atoms with Gasteiger partial charge in [-0.05, 0) is 49.5 Å². The van der Waals surface area contributed by atoms with Crippen molar-refractivity contribution in [3.63, 3.8) is 0 Å². The maximum absolute atomic E-state index is 9.10. The van der Waals surface area contributed by atoms with Crippen LogP contribution in [-0.2, 0) is 9.59 Å². The Morgan fingerprint density at radius 3 is 2.20 bits per heavy atom. The molecule has 1 aromatic carbocycles. The molecule has 0 radical (unpaired) electrons. The van der Waals surface area contributed by atoms with Crippen LogP contribution in [0.1, 0.15) is 51.0 Å². The van der Waals surface area contributed by atoms with Gasteiger partial charge in [-0.2, -0.15) is 0 Å². The summed E-state index contributed by atoms with van der Waals surface area (Å²) in [5, 5.41) is 14.8. The third-order valence-electron chi connectivity index (χ3n) is 4.08. The normalized spacial score (nSPS) is 15.0. The van der Waals surface area contributed by atoms with Crippen LogP contribution in [0, 0.1) is 0 Å². The maximum Gasteiger partial charge on any atom is 0.414 e. The predicted molar refractivity (Wildman–Crippen MR) is 96.2 cm³/mol. The Kier molecular flexibility index (Phi) is 9.62. The quantitative estimate of drug-likeness (QED) is 0.792. The molecule has 2 N–H and O–H groups in total. The van der Waals surface area contributed by atoms with Gasteiger partial charge in [0, 0.05) is 6.54 Å². The molecule has 0 bridgehead atoms. The van der Waals surface area contributed by atoms with Crippen LogP contribution in [0.3, 0.4) is 0 Å². The van der Waals surface area contributed by atoms with Crippen molar-refractivity contribution in [2.45, 2.75) is 45.4 Å². The average molecular weight is 351 g/mol. The minimum Gasteiger partial charge on any atom is -0.492 e. The van der Waals surface area contributed by atoms with Crippen molar-refractivity contribution >= 4 is 11.9 Å². The van der Waals surface area contributed by atoms with Gasteiger partial charge < -0.3 is 14.9 Å². The summed E-state index contributed by atoms with van der Waals surface area (Å²) in [6.45, 7) is 8.80. The van der Waals surface area contributed by atoms with Crippen molar-refractivity contribution in [1.82, 2.24) is 4.90 Å². The van der Waals surface area contributed by atoms with Crippen molar-refractivity contribution in [3.05, 3.63) is 29.8 Å². The van der Waals surface area contributed by atoms with Gasteiger partial charge in [0.1, 0.15) is 12.4 Å². The summed E-state index contributed by atoms with van der Waals surface area (Å²) in [6, 6.07) is 8.50. The molecule has 0 atom stereocenters. The lowest BCUT2D eigenvalue weighted by Crippen LogP contribution is -2.29. The van der Waals surface area contributed by atoms with Gasteiger partial charge in [-0.15, -0.1) is 0 Å². The first-order valence-electron chi connectivity index (χ1n) is 8.81. The topological polar surface area (TPSA) is 87.1 Å². The second-order valence-corrected chi connectivity index (χ2v) is 6.44. The smallest absolute Gasteiger partial charge is 0.414 e. The van der Waals surface area contributed by atoms with Gasteiger partial charge in [0.05, 0.1) is 0 Å². The van der Waals surface area contributed by atoms with Crippen LogP contribution in [-0.4, -0.2) is 53.3 Å². The van der Waals surface area contributed by atoms with Crippen LogP contribution in [0.2, 0.25) is 0 Å². The molecule has 6 nitrogen and oxygen atoms in total. The predicted octanol–water partition coefficient (Wildman–Crippen LogP) is 3.22. The number of carboxylic acids is 2. The van der Waals surface area contributed by atoms with Crippen LogP contribution in [0.15, 0.2) is 24.3 Å². The molecule has 0 saturated carbocycles. The summed E-state index contributed by atoms with van der Waals surface area (Å²) in [7, 11) is 0. The van der Waals surface area contributed by atoms with Crippen LogP contribution in [0.4, 0.5) is 0 Å². The monoisotopic (exact) mass is 351 g/mol. The summed E-state index contributed by atoms with van der Waals surface area (Å²) < 4.78 is 5.90. The van der Waals surface area contributed by atoms with E-state index in [1.165, 1.54) is 44.3 Å². The molecule has 1 aliphatic heterocycles. The number of carbonyl (C=O) groups is 2. The van der Waals surface area contributed by atoms with Gasteiger partial charge >= 0.3 is 11.9 Å². The van der Waals surface area contributed by atoms with E-state index in [9.17, 15) is 0 Å². The number of hydrogen-bond donors (Lipinski definition) is 2. The van der Waals surface area contributed by atoms with Crippen LogP contribution in [0.25, 0.3) is 0 Å². The molecule has 1 saturated heterocycles. The third-order valence-corrected chi connectivity index (χ3v) is 4.08. The first-order valence-corrected chi connectivity index (χ1v) is 8.81. The van der Waals surface area contributed by atoms with E-state index in [-0.39, 0.29) is 0 Å². The first-order chi connectivity index (χ1) is 11.9. The Balaban J connectivity index is 0.000000450. The molecule has 25 heavy (non-hydrogen) atoms. The summed E-state index contributed by atoms with van der Waals surface area (Å²) in [5.74, 6) is -2.07. The molecule has 0 aliphatic carbocycles. The molecule has 1 heterocycles. The second kappa shape index (κ2) is 11.5. The fourth-order valence-electron chi connectivity index (χ4n) is 2.62. The van der Waals surface area contributed by atoms with E-state index in [4.69, 9.17) is 24.5 Å². The lowest BCUT2D eigenvalue weighted by molar-refractivity contribution is -0.159. The van der Waals surface area contributed by atoms with Crippen molar-refractivity contribution in [2.24, 2.45) is 0 Å². The number of nitrogens with zero attached hydrogens (tertiary/aromatic N) is 1. The molecule has 1 fully saturated rings. The molecular weight excluding hydrogens is 322 g/mol. The molecule has 2 rings (SSSR count). The Bertz CT molecular complexity index is 524. The Morgan fingerprint density at radius 1 is 1.08 bits per heavy atom. The number of ether oxygens (including phenoxy) is 1. The first kappa shape index (κ1) is 21.0. The number of benzene rings is 1. The van der Waals surface area contributed by atoms with E-state index < -0.39 is 11.9 Å². The van der Waals surface area contributed by atoms with Crippen molar-refractivity contribution in [2.75, 3.05) is 26.2 Å². The largest absolute Gasteiger partial charge is 0.492 e. The van der Waals surface area contributed by atoms with E-state index in [2.05, 4.69) is 43.0 Å². The zero-order valence-electron chi connectivity index (χ0n) is 15.1. The van der Waals surface area contributed by atoms with E-state index in [1.54, 1.807) is 0 Å². The molecule has 0 amide bonds. The number of carboxylic acid groups (broad SMARTS) is 2. The fraction of sp³-hybridized carbons (Fsp3) is 0.579. The summed E-state index contributed by atoms with van der Waals surface area (Å²) in [6.07, 6.45) is 5.49. The average Bonchev–Trinajstić information content (AvgIpc) is 2.84. The number of rotatable bonds is 5. The maximum atomic E-state index is 9.10. The highest BCUT2D eigenvalue weighted by atomic mass is 16.5. The van der Waals surface area contributed by atoms with Gasteiger partial charge in [0.2, 0.25) is 0 Å². The fourth-order valence-corrected chi connectivity index (χ4v) is 2.62. The van der Waals surface area contributed by atoms with Gasteiger partial charge in [0.15, 0.2) is 0 Å². The summed E-state index contributed by atoms with van der Waals surface area (Å²) in [5.41, 5.74) is 1.35. The highest BCUT2D eigenvalue weighted by molar-refractivity contribution is 6.27. The zero-order valence-corrected chi connectivity index (χ0v) is 15.1. The van der Waals surface area contributed by atoms with Gasteiger partial charge in [-0.3, -0.25) is 4.90 Å². The molecule has 0 spiro atoms.